The predicted octanol–water partition coefficient (Wildman–Crippen LogP) is 1.42. The Morgan fingerprint density at radius 1 is 1.53 bits per heavy atom. The molecular formula is C12H15ClN2O2. The van der Waals surface area contributed by atoms with Gasteiger partial charge in [0, 0.05) is 17.3 Å². The Labute approximate surface area is 105 Å². The SMILES string of the molecule is Nc1cc(Cl)ccc1C(=O)NCC1CC(O)C1. The molecule has 0 saturated heterocycles. The molecule has 1 aromatic rings. The molecule has 0 spiro atoms. The maximum atomic E-state index is 11.8. The molecule has 0 unspecified atom stereocenters. The summed E-state index contributed by atoms with van der Waals surface area (Å²) in [5.74, 6) is 0.183. The third-order valence-electron chi connectivity index (χ3n) is 3.02. The van der Waals surface area contributed by atoms with Crippen molar-refractivity contribution in [3.8, 4) is 0 Å². The molecular weight excluding hydrogens is 240 g/mol. The zero-order valence-electron chi connectivity index (χ0n) is 9.32. The van der Waals surface area contributed by atoms with Gasteiger partial charge in [0.05, 0.1) is 11.7 Å². The second kappa shape index (κ2) is 4.94. The van der Waals surface area contributed by atoms with Crippen molar-refractivity contribution in [2.24, 2.45) is 5.92 Å². The van der Waals surface area contributed by atoms with Gasteiger partial charge in [-0.15, -0.1) is 0 Å². The minimum Gasteiger partial charge on any atom is -0.398 e. The summed E-state index contributed by atoms with van der Waals surface area (Å²) in [6, 6.07) is 4.81. The summed E-state index contributed by atoms with van der Waals surface area (Å²) in [4.78, 5) is 11.8. The van der Waals surface area contributed by atoms with Gasteiger partial charge in [0.2, 0.25) is 0 Å². The number of aliphatic hydroxyl groups excluding tert-OH is 1. The van der Waals surface area contributed by atoms with Gasteiger partial charge in [-0.2, -0.15) is 0 Å². The van der Waals surface area contributed by atoms with Gasteiger partial charge in [-0.25, -0.2) is 0 Å². The van der Waals surface area contributed by atoms with Crippen LogP contribution in [-0.4, -0.2) is 23.7 Å². The van der Waals surface area contributed by atoms with Crippen LogP contribution in [0.5, 0.6) is 0 Å². The number of halogens is 1. The normalized spacial score (nSPS) is 22.9. The number of nitrogen functional groups attached to an aromatic ring is 1. The number of hydrogen-bond donors (Lipinski definition) is 3. The number of hydrogen-bond acceptors (Lipinski definition) is 3. The summed E-state index contributed by atoms with van der Waals surface area (Å²) in [5.41, 5.74) is 6.53. The summed E-state index contributed by atoms with van der Waals surface area (Å²) in [5, 5.41) is 12.5. The molecule has 1 fully saturated rings. The van der Waals surface area contributed by atoms with Gasteiger partial charge in [-0.1, -0.05) is 11.6 Å². The van der Waals surface area contributed by atoms with Crippen LogP contribution in [0.3, 0.4) is 0 Å². The molecule has 92 valence electrons. The maximum absolute atomic E-state index is 11.8. The van der Waals surface area contributed by atoms with Gasteiger partial charge in [-0.05, 0) is 37.0 Å². The van der Waals surface area contributed by atoms with Crippen molar-refractivity contribution >= 4 is 23.2 Å². The lowest BCUT2D eigenvalue weighted by molar-refractivity contribution is 0.0420. The fraction of sp³-hybridized carbons (Fsp3) is 0.417. The minimum atomic E-state index is -0.197. The van der Waals surface area contributed by atoms with Crippen LogP contribution in [-0.2, 0) is 0 Å². The maximum Gasteiger partial charge on any atom is 0.253 e. The number of benzene rings is 1. The van der Waals surface area contributed by atoms with E-state index in [1.165, 1.54) is 0 Å². The van der Waals surface area contributed by atoms with E-state index in [0.29, 0.717) is 28.7 Å². The minimum absolute atomic E-state index is 0.194. The Morgan fingerprint density at radius 2 is 2.24 bits per heavy atom. The molecule has 4 N–H and O–H groups in total. The number of carbonyl (C=O) groups excluding carboxylic acids is 1. The molecule has 0 aliphatic heterocycles. The number of nitrogens with two attached hydrogens (primary N) is 1. The smallest absolute Gasteiger partial charge is 0.253 e. The standard InChI is InChI=1S/C12H15ClN2O2/c13-8-1-2-10(11(14)5-8)12(17)15-6-7-3-9(16)4-7/h1-2,5,7,9,16H,3-4,6,14H2,(H,15,17). The van der Waals surface area contributed by atoms with Crippen LogP contribution in [0.1, 0.15) is 23.2 Å². The highest BCUT2D eigenvalue weighted by Crippen LogP contribution is 2.26. The third-order valence-corrected chi connectivity index (χ3v) is 3.26. The van der Waals surface area contributed by atoms with Crippen LogP contribution in [0.25, 0.3) is 0 Å². The molecule has 4 nitrogen and oxygen atoms in total. The van der Waals surface area contributed by atoms with Gasteiger partial charge in [-0.3, -0.25) is 4.79 Å². The van der Waals surface area contributed by atoms with Crippen LogP contribution in [0, 0.1) is 5.92 Å². The van der Waals surface area contributed by atoms with Crippen molar-refractivity contribution in [3.05, 3.63) is 28.8 Å². The van der Waals surface area contributed by atoms with Gasteiger partial charge in [0.1, 0.15) is 0 Å². The summed E-state index contributed by atoms with van der Waals surface area (Å²) in [6.45, 7) is 0.581. The molecule has 0 atom stereocenters. The third kappa shape index (κ3) is 2.90. The first kappa shape index (κ1) is 12.2. The summed E-state index contributed by atoms with van der Waals surface area (Å²) in [7, 11) is 0. The number of anilines is 1. The molecule has 1 amide bonds. The Morgan fingerprint density at radius 3 is 2.82 bits per heavy atom. The monoisotopic (exact) mass is 254 g/mol. The Balaban J connectivity index is 1.91. The number of nitrogens with one attached hydrogen (secondary N) is 1. The lowest BCUT2D eigenvalue weighted by Gasteiger charge is -2.31. The van der Waals surface area contributed by atoms with Crippen LogP contribution in [0.2, 0.25) is 5.02 Å². The topological polar surface area (TPSA) is 75.4 Å². The number of carbonyl (C=O) groups is 1. The Kier molecular flexibility index (Phi) is 3.54. The van der Waals surface area contributed by atoms with Gasteiger partial charge >= 0.3 is 0 Å². The van der Waals surface area contributed by atoms with Crippen molar-refractivity contribution in [1.82, 2.24) is 5.32 Å². The lowest BCUT2D eigenvalue weighted by atomic mass is 9.82. The summed E-state index contributed by atoms with van der Waals surface area (Å²) in [6.07, 6.45) is 1.32. The van der Waals surface area contributed by atoms with E-state index in [2.05, 4.69) is 5.32 Å². The predicted molar refractivity (Wildman–Crippen MR) is 66.9 cm³/mol. The van der Waals surface area contributed by atoms with E-state index in [-0.39, 0.29) is 12.0 Å². The highest BCUT2D eigenvalue weighted by atomic mass is 35.5. The average Bonchev–Trinajstić information content (AvgIpc) is 2.22. The van der Waals surface area contributed by atoms with E-state index in [0.717, 1.165) is 12.8 Å². The van der Waals surface area contributed by atoms with Crippen LogP contribution < -0.4 is 11.1 Å². The molecule has 1 saturated carbocycles. The molecule has 0 heterocycles. The Hall–Kier alpha value is -1.26. The van der Waals surface area contributed by atoms with E-state index in [9.17, 15) is 4.79 Å². The Bertz CT molecular complexity index is 431. The molecule has 1 aromatic carbocycles. The van der Waals surface area contributed by atoms with E-state index in [4.69, 9.17) is 22.4 Å². The van der Waals surface area contributed by atoms with E-state index in [1.807, 2.05) is 0 Å². The van der Waals surface area contributed by atoms with Crippen molar-refractivity contribution in [3.63, 3.8) is 0 Å². The molecule has 5 heteroatoms. The first-order chi connectivity index (χ1) is 8.06. The molecule has 0 radical (unpaired) electrons. The van der Waals surface area contributed by atoms with E-state index < -0.39 is 0 Å². The van der Waals surface area contributed by atoms with Gasteiger partial charge in [0.25, 0.3) is 5.91 Å². The number of aliphatic hydroxyl groups is 1. The first-order valence-corrected chi connectivity index (χ1v) is 5.95. The average molecular weight is 255 g/mol. The molecule has 17 heavy (non-hydrogen) atoms. The second-order valence-electron chi connectivity index (χ2n) is 4.43. The number of amides is 1. The highest BCUT2D eigenvalue weighted by Gasteiger charge is 2.27. The summed E-state index contributed by atoms with van der Waals surface area (Å²) < 4.78 is 0. The fourth-order valence-corrected chi connectivity index (χ4v) is 2.12. The van der Waals surface area contributed by atoms with E-state index in [1.54, 1.807) is 18.2 Å². The molecule has 1 aliphatic carbocycles. The zero-order valence-corrected chi connectivity index (χ0v) is 10.1. The first-order valence-electron chi connectivity index (χ1n) is 5.57. The van der Waals surface area contributed by atoms with Crippen molar-refractivity contribution in [1.29, 1.82) is 0 Å². The fourth-order valence-electron chi connectivity index (χ4n) is 1.94. The summed E-state index contributed by atoms with van der Waals surface area (Å²) >= 11 is 5.76. The van der Waals surface area contributed by atoms with Crippen LogP contribution in [0.4, 0.5) is 5.69 Å². The van der Waals surface area contributed by atoms with Crippen molar-refractivity contribution in [2.45, 2.75) is 18.9 Å². The highest BCUT2D eigenvalue weighted by molar-refractivity contribution is 6.31. The zero-order chi connectivity index (χ0) is 12.4. The number of rotatable bonds is 3. The lowest BCUT2D eigenvalue weighted by Crippen LogP contribution is -2.38. The largest absolute Gasteiger partial charge is 0.398 e. The second-order valence-corrected chi connectivity index (χ2v) is 4.87. The van der Waals surface area contributed by atoms with E-state index >= 15 is 0 Å². The van der Waals surface area contributed by atoms with Gasteiger partial charge < -0.3 is 16.2 Å². The molecule has 0 aromatic heterocycles. The molecule has 0 bridgehead atoms. The molecule has 1 aliphatic rings. The van der Waals surface area contributed by atoms with Crippen molar-refractivity contribution in [2.75, 3.05) is 12.3 Å². The van der Waals surface area contributed by atoms with Crippen LogP contribution in [0.15, 0.2) is 18.2 Å². The molecule has 2 rings (SSSR count). The quantitative estimate of drug-likeness (QED) is 0.714. The van der Waals surface area contributed by atoms with Crippen molar-refractivity contribution < 1.29 is 9.90 Å². The van der Waals surface area contributed by atoms with Gasteiger partial charge in [0.15, 0.2) is 0 Å². The van der Waals surface area contributed by atoms with Crippen LogP contribution >= 0.6 is 11.6 Å².